The number of aliphatic carboxylic acids is 2. The van der Waals surface area contributed by atoms with E-state index in [1.165, 1.54) is 17.0 Å². The fourth-order valence-electron chi connectivity index (χ4n) is 6.50. The van der Waals surface area contributed by atoms with Crippen LogP contribution < -0.4 is 26.6 Å². The highest BCUT2D eigenvalue weighted by molar-refractivity contribution is 7.89. The first-order chi connectivity index (χ1) is 34.7. The summed E-state index contributed by atoms with van der Waals surface area (Å²) in [6.07, 6.45) is -6.83. The molecule has 0 aliphatic rings. The second-order valence-electron chi connectivity index (χ2n) is 16.7. The van der Waals surface area contributed by atoms with Gasteiger partial charge in [-0.2, -0.15) is 26.3 Å². The number of nitrogens with one attached hydrogen (secondary N) is 4. The zero-order valence-electron chi connectivity index (χ0n) is 39.9. The Labute approximate surface area is 423 Å². The van der Waals surface area contributed by atoms with Crippen LogP contribution >= 0.6 is 0 Å². The first-order valence-corrected chi connectivity index (χ1v) is 24.7. The van der Waals surface area contributed by atoms with Gasteiger partial charge in [0.1, 0.15) is 11.3 Å². The highest BCUT2D eigenvalue weighted by Crippen LogP contribution is 2.31. The predicted molar refractivity (Wildman–Crippen MR) is 259 cm³/mol. The van der Waals surface area contributed by atoms with Gasteiger partial charge in [0, 0.05) is 59.7 Å². The Morgan fingerprint density at radius 3 is 1.25 bits per heavy atom. The maximum absolute atomic E-state index is 12.7. The number of rotatable bonds is 17. The molecule has 4 aromatic heterocycles. The molecule has 0 saturated carbocycles. The largest absolute Gasteiger partial charge is 0.490 e. The van der Waals surface area contributed by atoms with Crippen molar-refractivity contribution in [2.45, 2.75) is 74.1 Å². The highest BCUT2D eigenvalue weighted by Gasteiger charge is 2.39. The molecule has 0 fully saturated rings. The number of halogens is 6. The van der Waals surface area contributed by atoms with Crippen LogP contribution in [0.4, 0.5) is 31.1 Å². The van der Waals surface area contributed by atoms with Crippen LogP contribution in [0.1, 0.15) is 45.0 Å². The number of hydrogen-bond donors (Lipinski definition) is 10. The molecule has 75 heavy (non-hydrogen) atoms. The quantitative estimate of drug-likeness (QED) is 0.0431. The van der Waals surface area contributed by atoms with Crippen LogP contribution in [0, 0.1) is 0 Å². The van der Waals surface area contributed by atoms with E-state index in [9.17, 15) is 62.7 Å². The number of alkyl halides is 6. The summed E-state index contributed by atoms with van der Waals surface area (Å²) in [6.45, 7) is 6.42. The lowest BCUT2D eigenvalue weighted by molar-refractivity contribution is -0.193. The summed E-state index contributed by atoms with van der Waals surface area (Å²) in [5.41, 5.74) is 21.3. The van der Waals surface area contributed by atoms with Crippen LogP contribution in [0.3, 0.4) is 0 Å². The van der Waals surface area contributed by atoms with Gasteiger partial charge >= 0.3 is 30.4 Å². The molecule has 30 heteroatoms. The van der Waals surface area contributed by atoms with Crippen molar-refractivity contribution in [3.05, 3.63) is 96.6 Å². The minimum absolute atomic E-state index is 0.0681. The standard InChI is InChI=1S/C23H29N5O5S.C18H21N5O3S.2C2HF3O2/c1-23(2,3)28(22(30)31)12-4-10-26-34(32,33)17-7-5-15(6-8-17)18-9-11-25-21-19(18)13-16(27-21)14-20(24)29;19-7-1-8-22-27(25,26)14-4-2-12(3-5-14)15-6-9-21-18-16(15)10-13(23-18)11-17(20)24;2*3-2(4,5)1(6)7/h5-9,11,13,26H,4,10,12,14H2,1-3H3,(H2,24,29)(H,25,27)(H,30,31);2-6,9-10,22H,1,7-8,11,19H2,(H2,20,24)(H,21,23);2*(H,6,7). The first-order valence-electron chi connectivity index (χ1n) is 21.7. The number of carbonyl (C=O) groups excluding carboxylic acids is 2. The molecule has 3 amide bonds. The van der Waals surface area contributed by atoms with Crippen LogP contribution in [-0.2, 0) is 52.1 Å². The third kappa shape index (κ3) is 19.0. The van der Waals surface area contributed by atoms with Gasteiger partial charge < -0.3 is 47.4 Å². The Bertz CT molecular complexity index is 3160. The predicted octanol–water partition coefficient (Wildman–Crippen LogP) is 4.86. The number of aromatic amines is 2. The van der Waals surface area contributed by atoms with Gasteiger partial charge in [0.05, 0.1) is 22.6 Å². The molecule has 2 aromatic carbocycles. The molecule has 6 rings (SSSR count). The van der Waals surface area contributed by atoms with Crippen molar-refractivity contribution >= 4 is 72.0 Å². The highest BCUT2D eigenvalue weighted by atomic mass is 32.2. The molecular weight excluding hydrogens is 1050 g/mol. The van der Waals surface area contributed by atoms with E-state index in [0.29, 0.717) is 48.6 Å². The second kappa shape index (κ2) is 26.0. The van der Waals surface area contributed by atoms with E-state index in [1.807, 2.05) is 24.3 Å². The molecule has 0 radical (unpaired) electrons. The maximum Gasteiger partial charge on any atom is 0.490 e. The van der Waals surface area contributed by atoms with Gasteiger partial charge in [0.2, 0.25) is 31.9 Å². The van der Waals surface area contributed by atoms with E-state index >= 15 is 0 Å². The van der Waals surface area contributed by atoms with Crippen molar-refractivity contribution in [3.63, 3.8) is 0 Å². The maximum atomic E-state index is 12.7. The van der Waals surface area contributed by atoms with Crippen LogP contribution in [0.15, 0.2) is 95.0 Å². The first kappa shape index (κ1) is 61.6. The molecular formula is C45H52F6N10O12S2. The Morgan fingerprint density at radius 2 is 0.960 bits per heavy atom. The number of H-pyrrole nitrogens is 2. The zero-order valence-corrected chi connectivity index (χ0v) is 41.5. The van der Waals surface area contributed by atoms with Crippen LogP contribution in [0.5, 0.6) is 0 Å². The number of nitrogens with zero attached hydrogens (tertiary/aromatic N) is 3. The van der Waals surface area contributed by atoms with E-state index in [0.717, 1.165) is 33.0 Å². The van der Waals surface area contributed by atoms with Gasteiger partial charge in [0.25, 0.3) is 0 Å². The number of carboxylic acids is 2. The Balaban J connectivity index is 0.000000319. The summed E-state index contributed by atoms with van der Waals surface area (Å²) in [7, 11) is -7.31. The zero-order chi connectivity index (χ0) is 56.7. The molecule has 0 bridgehead atoms. The Hall–Kier alpha value is -7.67. The molecule has 4 heterocycles. The van der Waals surface area contributed by atoms with E-state index < -0.39 is 67.8 Å². The monoisotopic (exact) mass is 1100 g/mol. The summed E-state index contributed by atoms with van der Waals surface area (Å²) >= 11 is 0. The number of nitrogens with two attached hydrogens (primary N) is 3. The average Bonchev–Trinajstić information content (AvgIpc) is 3.91. The molecule has 0 atom stereocenters. The summed E-state index contributed by atoms with van der Waals surface area (Å²) in [5.74, 6) is -6.40. The third-order valence-corrected chi connectivity index (χ3v) is 12.9. The van der Waals surface area contributed by atoms with Gasteiger partial charge in [-0.25, -0.2) is 50.6 Å². The van der Waals surface area contributed by atoms with Gasteiger partial charge in [-0.3, -0.25) is 9.59 Å². The Morgan fingerprint density at radius 1 is 0.613 bits per heavy atom. The number of carboxylic acid groups (broad SMARTS) is 3. The van der Waals surface area contributed by atoms with Crippen molar-refractivity contribution in [3.8, 4) is 22.3 Å². The Kier molecular flexibility index (Phi) is 21.4. The second-order valence-corrected chi connectivity index (χ2v) is 20.2. The van der Waals surface area contributed by atoms with Gasteiger partial charge in [-0.15, -0.1) is 0 Å². The van der Waals surface area contributed by atoms with E-state index in [1.54, 1.807) is 69.6 Å². The summed E-state index contributed by atoms with van der Waals surface area (Å²) in [4.78, 5) is 67.8. The van der Waals surface area contributed by atoms with Crippen molar-refractivity contribution < 1.29 is 82.5 Å². The van der Waals surface area contributed by atoms with E-state index in [2.05, 4.69) is 29.4 Å². The number of fused-ring (bicyclic) bond motifs is 2. The van der Waals surface area contributed by atoms with Crippen molar-refractivity contribution in [1.29, 1.82) is 0 Å². The number of amides is 3. The number of primary amides is 2. The van der Waals surface area contributed by atoms with Crippen LogP contribution in [-0.4, -0.2) is 131 Å². The van der Waals surface area contributed by atoms with Gasteiger partial charge in [-0.05, 0) is 111 Å². The molecule has 0 saturated heterocycles. The van der Waals surface area contributed by atoms with E-state index in [4.69, 9.17) is 37.0 Å². The number of pyridine rings is 2. The molecule has 22 nitrogen and oxygen atoms in total. The number of hydrogen-bond acceptors (Lipinski definition) is 12. The minimum Gasteiger partial charge on any atom is -0.475 e. The fraction of sp³-hybridized carbons (Fsp3) is 0.311. The van der Waals surface area contributed by atoms with Gasteiger partial charge in [0.15, 0.2) is 0 Å². The lowest BCUT2D eigenvalue weighted by Gasteiger charge is -2.33. The van der Waals surface area contributed by atoms with Crippen molar-refractivity contribution in [1.82, 2.24) is 34.3 Å². The number of aromatic nitrogens is 4. The van der Waals surface area contributed by atoms with Crippen LogP contribution in [0.2, 0.25) is 0 Å². The average molecular weight is 1100 g/mol. The smallest absolute Gasteiger partial charge is 0.475 e. The van der Waals surface area contributed by atoms with Crippen LogP contribution in [0.25, 0.3) is 44.3 Å². The molecule has 13 N–H and O–H groups in total. The SMILES string of the molecule is CC(C)(C)N(CCCNS(=O)(=O)c1ccc(-c2ccnc3[nH]c(CC(N)=O)cc23)cc1)C(=O)O.NCCCNS(=O)(=O)c1ccc(-c2ccnc3[nH]c(CC(N)=O)cc23)cc1.O=C(O)C(F)(F)F.O=C(O)C(F)(F)F. The number of benzene rings is 2. The molecule has 408 valence electrons. The van der Waals surface area contributed by atoms with E-state index in [-0.39, 0.29) is 35.7 Å². The fourth-order valence-corrected chi connectivity index (χ4v) is 8.64. The number of carbonyl (C=O) groups is 5. The van der Waals surface area contributed by atoms with Crippen molar-refractivity contribution in [2.24, 2.45) is 17.2 Å². The minimum atomic E-state index is -5.08. The summed E-state index contributed by atoms with van der Waals surface area (Å²) in [6, 6.07) is 20.3. The third-order valence-electron chi connectivity index (χ3n) is 9.91. The molecule has 6 aromatic rings. The topological polar surface area (TPSA) is 377 Å². The lowest BCUT2D eigenvalue weighted by Crippen LogP contribution is -2.46. The molecule has 0 aliphatic heterocycles. The molecule has 0 aliphatic carbocycles. The number of sulfonamides is 2. The van der Waals surface area contributed by atoms with Crippen molar-refractivity contribution in [2.75, 3.05) is 26.2 Å². The van der Waals surface area contributed by atoms with Gasteiger partial charge in [-0.1, -0.05) is 24.3 Å². The molecule has 0 spiro atoms. The lowest BCUT2D eigenvalue weighted by atomic mass is 10.0. The summed E-state index contributed by atoms with van der Waals surface area (Å²) in [5, 5.41) is 25.2. The molecule has 0 unspecified atom stereocenters. The summed E-state index contributed by atoms with van der Waals surface area (Å²) < 4.78 is 118. The normalized spacial score (nSPS) is 11.8.